The molecule has 1 N–H and O–H groups in total. The van der Waals surface area contributed by atoms with Gasteiger partial charge in [0.05, 0.1) is 6.20 Å². The Bertz CT molecular complexity index is 473. The van der Waals surface area contributed by atoms with Gasteiger partial charge in [-0.05, 0) is 43.0 Å². The lowest BCUT2D eigenvalue weighted by atomic mass is 9.91. The van der Waals surface area contributed by atoms with Crippen LogP contribution in [0.4, 0.5) is 0 Å². The number of hydrogen-bond donors (Lipinski definition) is 1. The van der Waals surface area contributed by atoms with E-state index in [2.05, 4.69) is 28.5 Å². The Morgan fingerprint density at radius 1 is 1.35 bits per heavy atom. The van der Waals surface area contributed by atoms with Crippen molar-refractivity contribution in [3.8, 4) is 11.5 Å². The van der Waals surface area contributed by atoms with E-state index in [0.717, 1.165) is 18.7 Å². The Balaban J connectivity index is 1.88. The van der Waals surface area contributed by atoms with Gasteiger partial charge in [0.1, 0.15) is 6.26 Å². The van der Waals surface area contributed by atoms with Crippen molar-refractivity contribution in [1.29, 1.82) is 0 Å². The molecule has 1 atom stereocenters. The predicted octanol–water partition coefficient (Wildman–Crippen LogP) is 2.81. The maximum absolute atomic E-state index is 5.34. The summed E-state index contributed by atoms with van der Waals surface area (Å²) >= 11 is 0. The van der Waals surface area contributed by atoms with E-state index in [9.17, 15) is 0 Å². The molecule has 0 radical (unpaired) electrons. The van der Waals surface area contributed by atoms with Gasteiger partial charge < -0.3 is 9.73 Å². The fourth-order valence-electron chi connectivity index (χ4n) is 2.43. The Morgan fingerprint density at radius 2 is 2.35 bits per heavy atom. The van der Waals surface area contributed by atoms with Gasteiger partial charge in [-0.2, -0.15) is 0 Å². The zero-order valence-electron chi connectivity index (χ0n) is 9.73. The zero-order chi connectivity index (χ0) is 11.5. The van der Waals surface area contributed by atoms with Crippen LogP contribution in [0, 0.1) is 0 Å². The van der Waals surface area contributed by atoms with Crippen LogP contribution in [0.2, 0.25) is 0 Å². The molecule has 0 spiro atoms. The molecule has 3 rings (SSSR count). The summed E-state index contributed by atoms with van der Waals surface area (Å²) in [6, 6.07) is 8.53. The second-order valence-corrected chi connectivity index (χ2v) is 4.51. The lowest BCUT2D eigenvalue weighted by Crippen LogP contribution is -2.28. The van der Waals surface area contributed by atoms with E-state index in [1.165, 1.54) is 18.4 Å². The van der Waals surface area contributed by atoms with Crippen LogP contribution >= 0.6 is 0 Å². The molecule has 1 aliphatic rings. The number of oxazole rings is 1. The lowest BCUT2D eigenvalue weighted by molar-refractivity contribution is 0.461. The average Bonchev–Trinajstić information content (AvgIpc) is 2.94. The maximum Gasteiger partial charge on any atom is 0.225 e. The molecule has 0 aliphatic carbocycles. The molecule has 0 bridgehead atoms. The zero-order valence-corrected chi connectivity index (χ0v) is 9.73. The Hall–Kier alpha value is -1.61. The minimum Gasteiger partial charge on any atom is -0.445 e. The minimum atomic E-state index is 0.624. The van der Waals surface area contributed by atoms with Crippen molar-refractivity contribution in [2.45, 2.75) is 18.8 Å². The molecule has 1 aliphatic heterocycles. The molecular weight excluding hydrogens is 212 g/mol. The molecule has 0 saturated carbocycles. The highest BCUT2D eigenvalue weighted by Gasteiger charge is 2.15. The maximum atomic E-state index is 5.34. The van der Waals surface area contributed by atoms with Crippen LogP contribution in [-0.2, 0) is 0 Å². The summed E-state index contributed by atoms with van der Waals surface area (Å²) in [5, 5.41) is 3.45. The molecular formula is C14H16N2O. The van der Waals surface area contributed by atoms with Crippen LogP contribution in [-0.4, -0.2) is 18.1 Å². The van der Waals surface area contributed by atoms with Gasteiger partial charge in [-0.3, -0.25) is 0 Å². The molecule has 2 aromatic rings. The van der Waals surface area contributed by atoms with Gasteiger partial charge in [0.2, 0.25) is 5.89 Å². The molecule has 2 heterocycles. The van der Waals surface area contributed by atoms with E-state index in [0.29, 0.717) is 11.8 Å². The fourth-order valence-corrected chi connectivity index (χ4v) is 2.43. The van der Waals surface area contributed by atoms with Crippen molar-refractivity contribution >= 4 is 0 Å². The molecule has 1 aromatic heterocycles. The van der Waals surface area contributed by atoms with Gasteiger partial charge in [-0.1, -0.05) is 12.1 Å². The average molecular weight is 228 g/mol. The Labute approximate surface area is 101 Å². The van der Waals surface area contributed by atoms with Gasteiger partial charge in [0, 0.05) is 12.1 Å². The van der Waals surface area contributed by atoms with E-state index in [4.69, 9.17) is 4.42 Å². The van der Waals surface area contributed by atoms with Gasteiger partial charge in [0.25, 0.3) is 0 Å². The van der Waals surface area contributed by atoms with Crippen molar-refractivity contribution in [2.24, 2.45) is 0 Å². The topological polar surface area (TPSA) is 38.1 Å². The number of aromatic nitrogens is 1. The van der Waals surface area contributed by atoms with E-state index in [1.807, 2.05) is 6.07 Å². The van der Waals surface area contributed by atoms with Crippen LogP contribution in [0.1, 0.15) is 24.3 Å². The van der Waals surface area contributed by atoms with Crippen LogP contribution < -0.4 is 5.32 Å². The fraction of sp³-hybridized carbons (Fsp3) is 0.357. The van der Waals surface area contributed by atoms with E-state index < -0.39 is 0 Å². The normalized spacial score (nSPS) is 20.4. The van der Waals surface area contributed by atoms with Crippen LogP contribution in [0.25, 0.3) is 11.5 Å². The molecule has 17 heavy (non-hydrogen) atoms. The predicted molar refractivity (Wildman–Crippen MR) is 66.8 cm³/mol. The largest absolute Gasteiger partial charge is 0.445 e. The summed E-state index contributed by atoms with van der Waals surface area (Å²) < 4.78 is 5.34. The van der Waals surface area contributed by atoms with E-state index in [1.54, 1.807) is 12.5 Å². The summed E-state index contributed by atoms with van der Waals surface area (Å²) in [4.78, 5) is 4.19. The third kappa shape index (κ3) is 2.24. The third-order valence-corrected chi connectivity index (χ3v) is 3.33. The summed E-state index contributed by atoms with van der Waals surface area (Å²) in [5.41, 5.74) is 2.45. The first-order valence-electron chi connectivity index (χ1n) is 6.14. The second kappa shape index (κ2) is 4.72. The standard InChI is InChI=1S/C14H16N2O/c1-3-11(13-5-2-6-15-10-13)9-12(4-1)14-16-7-8-17-14/h1,3-4,7-9,13,15H,2,5-6,10H2. The van der Waals surface area contributed by atoms with Crippen molar-refractivity contribution < 1.29 is 4.42 Å². The van der Waals surface area contributed by atoms with Crippen molar-refractivity contribution in [2.75, 3.05) is 13.1 Å². The number of benzene rings is 1. The van der Waals surface area contributed by atoms with Crippen molar-refractivity contribution in [3.63, 3.8) is 0 Å². The second-order valence-electron chi connectivity index (χ2n) is 4.51. The van der Waals surface area contributed by atoms with Gasteiger partial charge in [0.15, 0.2) is 0 Å². The van der Waals surface area contributed by atoms with Gasteiger partial charge >= 0.3 is 0 Å². The quantitative estimate of drug-likeness (QED) is 0.859. The number of piperidine rings is 1. The number of rotatable bonds is 2. The molecule has 1 fully saturated rings. The summed E-state index contributed by atoms with van der Waals surface area (Å²) in [7, 11) is 0. The molecule has 3 nitrogen and oxygen atoms in total. The molecule has 1 aromatic carbocycles. The third-order valence-electron chi connectivity index (χ3n) is 3.33. The highest BCUT2D eigenvalue weighted by molar-refractivity contribution is 5.54. The monoisotopic (exact) mass is 228 g/mol. The highest BCUT2D eigenvalue weighted by atomic mass is 16.3. The van der Waals surface area contributed by atoms with Crippen LogP contribution in [0.5, 0.6) is 0 Å². The van der Waals surface area contributed by atoms with Gasteiger partial charge in [-0.25, -0.2) is 4.98 Å². The summed E-state index contributed by atoms with van der Waals surface area (Å²) in [6.45, 7) is 2.23. The van der Waals surface area contributed by atoms with E-state index >= 15 is 0 Å². The molecule has 1 unspecified atom stereocenters. The highest BCUT2D eigenvalue weighted by Crippen LogP contribution is 2.26. The number of nitrogens with zero attached hydrogens (tertiary/aromatic N) is 1. The summed E-state index contributed by atoms with van der Waals surface area (Å²) in [6.07, 6.45) is 5.82. The van der Waals surface area contributed by atoms with Crippen molar-refractivity contribution in [3.05, 3.63) is 42.3 Å². The number of nitrogens with one attached hydrogen (secondary N) is 1. The van der Waals surface area contributed by atoms with Crippen LogP contribution in [0.15, 0.2) is 41.1 Å². The summed E-state index contributed by atoms with van der Waals surface area (Å²) in [5.74, 6) is 1.33. The SMILES string of the molecule is c1cc(-c2ncco2)cc(C2CCCNC2)c1. The number of hydrogen-bond acceptors (Lipinski definition) is 3. The molecule has 0 amide bonds. The minimum absolute atomic E-state index is 0.624. The first-order valence-corrected chi connectivity index (χ1v) is 6.14. The smallest absolute Gasteiger partial charge is 0.225 e. The van der Waals surface area contributed by atoms with Gasteiger partial charge in [-0.15, -0.1) is 0 Å². The lowest BCUT2D eigenvalue weighted by Gasteiger charge is -2.23. The molecule has 1 saturated heterocycles. The first-order chi connectivity index (χ1) is 8.43. The molecule has 88 valence electrons. The Kier molecular flexibility index (Phi) is 2.92. The van der Waals surface area contributed by atoms with E-state index in [-0.39, 0.29) is 0 Å². The van der Waals surface area contributed by atoms with Crippen LogP contribution in [0.3, 0.4) is 0 Å². The molecule has 3 heteroatoms. The Morgan fingerprint density at radius 3 is 3.12 bits per heavy atom. The first kappa shape index (κ1) is 10.5. The van der Waals surface area contributed by atoms with Crippen molar-refractivity contribution in [1.82, 2.24) is 10.3 Å².